The Hall–Kier alpha value is -3.08. The quantitative estimate of drug-likeness (QED) is 0.419. The number of nitrogens with zero attached hydrogens (tertiary/aromatic N) is 5. The first-order valence-corrected chi connectivity index (χ1v) is 14.2. The SMILES string of the molecule is C=C(NC1CCOC1=O)c1nc(N)c(N2CCN(C3CCN(Cc4ccc(Cl)cc4)CC3)[C@@H](CC)C2)nc1N. The number of aromatic nitrogens is 2. The van der Waals surface area contributed by atoms with Gasteiger partial charge in [0.2, 0.25) is 0 Å². The van der Waals surface area contributed by atoms with Crippen LogP contribution in [0, 0.1) is 0 Å². The molecule has 1 unspecified atom stereocenters. The second kappa shape index (κ2) is 12.0. The Balaban J connectivity index is 1.18. The van der Waals surface area contributed by atoms with Crippen molar-refractivity contribution in [2.45, 2.75) is 57.3 Å². The third-order valence-electron chi connectivity index (χ3n) is 8.14. The fourth-order valence-electron chi connectivity index (χ4n) is 5.98. The normalized spacial score (nSPS) is 23.1. The number of piperidine rings is 1. The molecule has 4 heterocycles. The number of esters is 1. The summed E-state index contributed by atoms with van der Waals surface area (Å²) in [5.41, 5.74) is 14.8. The van der Waals surface area contributed by atoms with Crippen LogP contribution in [-0.2, 0) is 16.1 Å². The Labute approximate surface area is 235 Å². The topological polar surface area (TPSA) is 126 Å². The molecule has 2 aromatic rings. The minimum absolute atomic E-state index is 0.242. The molecule has 0 spiro atoms. The number of cyclic esters (lactones) is 1. The first kappa shape index (κ1) is 27.5. The number of nitrogens with one attached hydrogen (secondary N) is 1. The van der Waals surface area contributed by atoms with Crippen LogP contribution < -0.4 is 21.7 Å². The van der Waals surface area contributed by atoms with E-state index in [1.807, 2.05) is 12.1 Å². The van der Waals surface area contributed by atoms with Crippen molar-refractivity contribution in [1.82, 2.24) is 25.1 Å². The molecule has 10 nitrogen and oxygen atoms in total. The van der Waals surface area contributed by atoms with Crippen molar-refractivity contribution in [3.63, 3.8) is 0 Å². The van der Waals surface area contributed by atoms with Crippen molar-refractivity contribution in [2.24, 2.45) is 0 Å². The number of carbonyl (C=O) groups is 1. The summed E-state index contributed by atoms with van der Waals surface area (Å²) in [6.45, 7) is 12.4. The maximum absolute atomic E-state index is 11.8. The molecule has 0 radical (unpaired) electrons. The number of benzene rings is 1. The van der Waals surface area contributed by atoms with Crippen molar-refractivity contribution in [3.05, 3.63) is 47.1 Å². The lowest BCUT2D eigenvalue weighted by Crippen LogP contribution is -2.58. The van der Waals surface area contributed by atoms with E-state index < -0.39 is 6.04 Å². The molecule has 3 saturated heterocycles. The van der Waals surface area contributed by atoms with E-state index in [0.717, 1.165) is 63.6 Å². The lowest BCUT2D eigenvalue weighted by Gasteiger charge is -2.47. The van der Waals surface area contributed by atoms with Crippen molar-refractivity contribution >= 4 is 40.7 Å². The van der Waals surface area contributed by atoms with Crippen LogP contribution in [0.5, 0.6) is 0 Å². The number of halogens is 1. The minimum atomic E-state index is -0.456. The standard InChI is InChI=1S/C28H39ClN8O2/c1-3-21-17-36(27-26(31)33-24(25(30)34-27)18(2)32-23-10-15-39-28(23)38)13-14-37(21)22-8-11-35(12-9-22)16-19-4-6-20(29)7-5-19/h4-7,21-23,32H,2-3,8-17H2,1H3,(H2,30,34)(H2,31,33)/t21-,23?/m0/s1. The fraction of sp³-hybridized carbons (Fsp3) is 0.536. The molecule has 3 fully saturated rings. The maximum atomic E-state index is 11.8. The second-order valence-corrected chi connectivity index (χ2v) is 11.1. The highest BCUT2D eigenvalue weighted by Gasteiger charge is 2.34. The van der Waals surface area contributed by atoms with E-state index in [1.54, 1.807) is 0 Å². The molecule has 2 atom stereocenters. The average molecular weight is 555 g/mol. The Kier molecular flexibility index (Phi) is 8.44. The van der Waals surface area contributed by atoms with Gasteiger partial charge in [0, 0.05) is 49.7 Å². The molecule has 1 aromatic carbocycles. The van der Waals surface area contributed by atoms with Gasteiger partial charge in [-0.2, -0.15) is 0 Å². The zero-order chi connectivity index (χ0) is 27.5. The predicted octanol–water partition coefficient (Wildman–Crippen LogP) is 2.74. The zero-order valence-electron chi connectivity index (χ0n) is 22.6. The first-order valence-electron chi connectivity index (χ1n) is 13.8. The number of ether oxygens (including phenoxy) is 1. The van der Waals surface area contributed by atoms with Crippen molar-refractivity contribution in [2.75, 3.05) is 55.7 Å². The number of nitrogens with two attached hydrogens (primary N) is 2. The Morgan fingerprint density at radius 3 is 2.51 bits per heavy atom. The van der Waals surface area contributed by atoms with Gasteiger partial charge in [-0.1, -0.05) is 37.2 Å². The van der Waals surface area contributed by atoms with Gasteiger partial charge in [0.15, 0.2) is 17.5 Å². The third kappa shape index (κ3) is 6.23. The molecule has 210 valence electrons. The zero-order valence-corrected chi connectivity index (χ0v) is 23.4. The summed E-state index contributed by atoms with van der Waals surface area (Å²) in [4.78, 5) is 28.4. The number of anilines is 3. The number of piperazine rings is 1. The molecule has 0 amide bonds. The van der Waals surface area contributed by atoms with E-state index in [4.69, 9.17) is 27.8 Å². The number of carbonyl (C=O) groups excluding carboxylic acids is 1. The van der Waals surface area contributed by atoms with Crippen LogP contribution in [0.25, 0.3) is 5.70 Å². The number of nitrogen functional groups attached to an aromatic ring is 2. The molecule has 3 aliphatic heterocycles. The van der Waals surface area contributed by atoms with Gasteiger partial charge in [-0.25, -0.2) is 14.8 Å². The van der Waals surface area contributed by atoms with E-state index >= 15 is 0 Å². The highest BCUT2D eigenvalue weighted by atomic mass is 35.5. The summed E-state index contributed by atoms with van der Waals surface area (Å²) in [5, 5.41) is 3.83. The Morgan fingerprint density at radius 2 is 1.85 bits per heavy atom. The largest absolute Gasteiger partial charge is 0.464 e. The van der Waals surface area contributed by atoms with E-state index in [2.05, 4.69) is 55.6 Å². The summed E-state index contributed by atoms with van der Waals surface area (Å²) in [5.74, 6) is 0.866. The third-order valence-corrected chi connectivity index (χ3v) is 8.40. The summed E-state index contributed by atoms with van der Waals surface area (Å²) in [6.07, 6.45) is 3.94. The molecule has 0 aliphatic carbocycles. The fourth-order valence-corrected chi connectivity index (χ4v) is 6.10. The highest BCUT2D eigenvalue weighted by Crippen LogP contribution is 2.30. The molecule has 0 bridgehead atoms. The molecule has 1 aromatic heterocycles. The Morgan fingerprint density at radius 1 is 1.10 bits per heavy atom. The minimum Gasteiger partial charge on any atom is -0.464 e. The Bertz CT molecular complexity index is 1180. The first-order chi connectivity index (χ1) is 18.8. The molecule has 11 heteroatoms. The molecule has 5 rings (SSSR count). The van der Waals surface area contributed by atoms with Crippen molar-refractivity contribution < 1.29 is 9.53 Å². The molecular weight excluding hydrogens is 516 g/mol. The van der Waals surface area contributed by atoms with E-state index in [1.165, 1.54) is 5.56 Å². The number of hydrogen-bond donors (Lipinski definition) is 3. The lowest BCUT2D eigenvalue weighted by atomic mass is 9.98. The average Bonchev–Trinajstić information content (AvgIpc) is 3.35. The van der Waals surface area contributed by atoms with Gasteiger partial charge in [0.05, 0.1) is 12.3 Å². The highest BCUT2D eigenvalue weighted by molar-refractivity contribution is 6.30. The maximum Gasteiger partial charge on any atom is 0.328 e. The summed E-state index contributed by atoms with van der Waals surface area (Å²) in [6, 6.07) is 8.69. The van der Waals surface area contributed by atoms with Gasteiger partial charge in [0.25, 0.3) is 0 Å². The van der Waals surface area contributed by atoms with E-state index in [9.17, 15) is 4.79 Å². The summed E-state index contributed by atoms with van der Waals surface area (Å²) < 4.78 is 5.01. The van der Waals surface area contributed by atoms with Gasteiger partial charge in [-0.15, -0.1) is 0 Å². The lowest BCUT2D eigenvalue weighted by molar-refractivity contribution is -0.139. The van der Waals surface area contributed by atoms with Crippen LogP contribution >= 0.6 is 11.6 Å². The van der Waals surface area contributed by atoms with Crippen LogP contribution in [-0.4, -0.2) is 83.2 Å². The van der Waals surface area contributed by atoms with Gasteiger partial charge in [-0.05, 0) is 50.0 Å². The summed E-state index contributed by atoms with van der Waals surface area (Å²) >= 11 is 6.04. The van der Waals surface area contributed by atoms with Gasteiger partial charge in [-0.3, -0.25) is 9.80 Å². The second-order valence-electron chi connectivity index (χ2n) is 10.7. The molecule has 0 saturated carbocycles. The van der Waals surface area contributed by atoms with Crippen LogP contribution in [0.15, 0.2) is 30.8 Å². The molecular formula is C28H39ClN8O2. The van der Waals surface area contributed by atoms with Crippen LogP contribution in [0.3, 0.4) is 0 Å². The molecule has 5 N–H and O–H groups in total. The van der Waals surface area contributed by atoms with Crippen LogP contribution in [0.2, 0.25) is 5.02 Å². The van der Waals surface area contributed by atoms with Crippen molar-refractivity contribution in [3.8, 4) is 0 Å². The molecule has 39 heavy (non-hydrogen) atoms. The number of hydrogen-bond acceptors (Lipinski definition) is 10. The number of likely N-dealkylation sites (tertiary alicyclic amines) is 1. The van der Waals surface area contributed by atoms with Crippen LogP contribution in [0.4, 0.5) is 17.5 Å². The van der Waals surface area contributed by atoms with Crippen molar-refractivity contribution in [1.29, 1.82) is 0 Å². The molecule has 3 aliphatic rings. The summed E-state index contributed by atoms with van der Waals surface area (Å²) in [7, 11) is 0. The van der Waals surface area contributed by atoms with E-state index in [0.29, 0.717) is 48.1 Å². The van der Waals surface area contributed by atoms with E-state index in [-0.39, 0.29) is 11.8 Å². The predicted molar refractivity (Wildman–Crippen MR) is 155 cm³/mol. The van der Waals surface area contributed by atoms with Crippen LogP contribution in [0.1, 0.15) is 43.9 Å². The monoisotopic (exact) mass is 554 g/mol. The van der Waals surface area contributed by atoms with Gasteiger partial charge < -0.3 is 26.4 Å². The number of rotatable bonds is 8. The van der Waals surface area contributed by atoms with Gasteiger partial charge >= 0.3 is 5.97 Å². The van der Waals surface area contributed by atoms with Gasteiger partial charge in [0.1, 0.15) is 11.7 Å². The smallest absolute Gasteiger partial charge is 0.328 e.